The van der Waals surface area contributed by atoms with Crippen molar-refractivity contribution >= 4 is 43.5 Å². The first-order valence-electron chi connectivity index (χ1n) is 15.0. The van der Waals surface area contributed by atoms with E-state index in [-0.39, 0.29) is 0 Å². The van der Waals surface area contributed by atoms with Gasteiger partial charge in [-0.1, -0.05) is 127 Å². The van der Waals surface area contributed by atoms with Crippen molar-refractivity contribution in [2.75, 3.05) is 0 Å². The van der Waals surface area contributed by atoms with Crippen molar-refractivity contribution in [3.63, 3.8) is 0 Å². The molecule has 9 rings (SSSR count). The molecule has 0 unspecified atom stereocenters. The molecule has 0 radical (unpaired) electrons. The Labute approximate surface area is 259 Å². The summed E-state index contributed by atoms with van der Waals surface area (Å²) in [4.78, 5) is 15.3. The fraction of sp³-hybridized carbons (Fsp3) is 0. The van der Waals surface area contributed by atoms with Crippen LogP contribution in [-0.2, 0) is 0 Å². The molecule has 0 atom stereocenters. The van der Waals surface area contributed by atoms with Gasteiger partial charge in [-0.25, -0.2) is 15.0 Å². The molecule has 4 nitrogen and oxygen atoms in total. The number of benzene rings is 7. The van der Waals surface area contributed by atoms with Crippen LogP contribution in [-0.4, -0.2) is 15.0 Å². The van der Waals surface area contributed by atoms with Gasteiger partial charge in [0.05, 0.1) is 0 Å². The fourth-order valence-electron chi connectivity index (χ4n) is 6.39. The van der Waals surface area contributed by atoms with E-state index >= 15 is 0 Å². The molecule has 0 amide bonds. The first kappa shape index (κ1) is 25.4. The highest BCUT2D eigenvalue weighted by atomic mass is 16.3. The average Bonchev–Trinajstić information content (AvgIpc) is 3.48. The summed E-state index contributed by atoms with van der Waals surface area (Å²) in [5, 5.41) is 6.59. The van der Waals surface area contributed by atoms with E-state index in [1.165, 1.54) is 11.1 Å². The third kappa shape index (κ3) is 4.27. The molecular weight excluding hydrogens is 550 g/mol. The summed E-state index contributed by atoms with van der Waals surface area (Å²) < 4.78 is 6.39. The van der Waals surface area contributed by atoms with Crippen LogP contribution < -0.4 is 0 Å². The summed E-state index contributed by atoms with van der Waals surface area (Å²) >= 11 is 0. The molecule has 0 aliphatic carbocycles. The fourth-order valence-corrected chi connectivity index (χ4v) is 6.39. The Kier molecular flexibility index (Phi) is 5.78. The molecule has 45 heavy (non-hydrogen) atoms. The summed E-state index contributed by atoms with van der Waals surface area (Å²) in [6, 6.07) is 52.2. The molecular formula is C41H25N3O. The van der Waals surface area contributed by atoms with E-state index in [4.69, 9.17) is 19.4 Å². The molecule has 0 saturated heterocycles. The summed E-state index contributed by atoms with van der Waals surface area (Å²) in [7, 11) is 0. The summed E-state index contributed by atoms with van der Waals surface area (Å²) in [5.41, 5.74) is 6.80. The van der Waals surface area contributed by atoms with Crippen LogP contribution in [0.15, 0.2) is 156 Å². The van der Waals surface area contributed by atoms with Crippen molar-refractivity contribution in [3.8, 4) is 45.3 Å². The Morgan fingerprint density at radius 2 is 0.933 bits per heavy atom. The molecule has 2 heterocycles. The van der Waals surface area contributed by atoms with Crippen molar-refractivity contribution in [3.05, 3.63) is 152 Å². The van der Waals surface area contributed by atoms with Crippen LogP contribution in [0.3, 0.4) is 0 Å². The van der Waals surface area contributed by atoms with Gasteiger partial charge < -0.3 is 4.42 Å². The molecule has 0 aliphatic rings. The highest BCUT2D eigenvalue weighted by Gasteiger charge is 2.19. The van der Waals surface area contributed by atoms with Crippen molar-refractivity contribution in [2.45, 2.75) is 0 Å². The maximum atomic E-state index is 6.39. The van der Waals surface area contributed by atoms with Crippen LogP contribution in [0, 0.1) is 0 Å². The quantitative estimate of drug-likeness (QED) is 0.209. The predicted molar refractivity (Wildman–Crippen MR) is 184 cm³/mol. The van der Waals surface area contributed by atoms with Gasteiger partial charge in [0, 0.05) is 27.5 Å². The van der Waals surface area contributed by atoms with E-state index in [1.54, 1.807) is 0 Å². The maximum Gasteiger partial charge on any atom is 0.164 e. The zero-order valence-electron chi connectivity index (χ0n) is 24.2. The van der Waals surface area contributed by atoms with E-state index in [0.717, 1.165) is 60.2 Å². The van der Waals surface area contributed by atoms with E-state index in [0.29, 0.717) is 17.5 Å². The van der Waals surface area contributed by atoms with Gasteiger partial charge in [-0.15, -0.1) is 0 Å². The van der Waals surface area contributed by atoms with E-state index < -0.39 is 0 Å². The van der Waals surface area contributed by atoms with Crippen molar-refractivity contribution in [1.82, 2.24) is 15.0 Å². The molecule has 0 bridgehead atoms. The topological polar surface area (TPSA) is 51.8 Å². The number of aromatic nitrogens is 3. The highest BCUT2D eigenvalue weighted by molar-refractivity contribution is 6.15. The Balaban J connectivity index is 1.32. The smallest absolute Gasteiger partial charge is 0.164 e. The van der Waals surface area contributed by atoms with Crippen LogP contribution in [0.5, 0.6) is 0 Å². The molecule has 210 valence electrons. The summed E-state index contributed by atoms with van der Waals surface area (Å²) in [5.74, 6) is 1.86. The third-order valence-electron chi connectivity index (χ3n) is 8.52. The zero-order chi connectivity index (χ0) is 29.7. The molecule has 4 heteroatoms. The lowest BCUT2D eigenvalue weighted by molar-refractivity contribution is 0.669. The number of fused-ring (bicyclic) bond motifs is 5. The van der Waals surface area contributed by atoms with E-state index in [2.05, 4.69) is 103 Å². The molecule has 7 aromatic carbocycles. The van der Waals surface area contributed by atoms with E-state index in [1.807, 2.05) is 48.5 Å². The second-order valence-corrected chi connectivity index (χ2v) is 11.2. The molecule has 0 saturated carbocycles. The number of rotatable bonds is 4. The Hall–Kier alpha value is -6.13. The Bertz CT molecular complexity index is 2540. The maximum absolute atomic E-state index is 6.39. The largest absolute Gasteiger partial charge is 0.456 e. The minimum atomic E-state index is 0.608. The lowest BCUT2D eigenvalue weighted by Crippen LogP contribution is -2.01. The zero-order valence-corrected chi connectivity index (χ0v) is 24.2. The van der Waals surface area contributed by atoms with Gasteiger partial charge >= 0.3 is 0 Å². The SMILES string of the molecule is c1ccc(-c2nc(-c3ccc(-c4ccccc4)c4ccccc34)nc(-c3cccc4oc5cc6ccccc6cc5c34)n2)cc1. The number of nitrogens with zero attached hydrogens (tertiary/aromatic N) is 3. The summed E-state index contributed by atoms with van der Waals surface area (Å²) in [6.07, 6.45) is 0. The van der Waals surface area contributed by atoms with Gasteiger partial charge in [-0.2, -0.15) is 0 Å². The molecule has 0 aliphatic heterocycles. The number of furan rings is 1. The third-order valence-corrected chi connectivity index (χ3v) is 8.52. The highest BCUT2D eigenvalue weighted by Crippen LogP contribution is 2.39. The first-order valence-corrected chi connectivity index (χ1v) is 15.0. The minimum Gasteiger partial charge on any atom is -0.456 e. The van der Waals surface area contributed by atoms with Crippen LogP contribution in [0.25, 0.3) is 88.8 Å². The molecule has 9 aromatic rings. The second-order valence-electron chi connectivity index (χ2n) is 11.2. The van der Waals surface area contributed by atoms with Crippen LogP contribution in [0.2, 0.25) is 0 Å². The molecule has 0 fully saturated rings. The lowest BCUT2D eigenvalue weighted by atomic mass is 9.94. The Morgan fingerprint density at radius 3 is 1.69 bits per heavy atom. The van der Waals surface area contributed by atoms with Crippen LogP contribution >= 0.6 is 0 Å². The molecule has 0 N–H and O–H groups in total. The van der Waals surface area contributed by atoms with E-state index in [9.17, 15) is 0 Å². The molecule has 0 spiro atoms. The molecule has 2 aromatic heterocycles. The van der Waals surface area contributed by atoms with Crippen molar-refractivity contribution in [2.24, 2.45) is 0 Å². The Morgan fingerprint density at radius 1 is 0.356 bits per heavy atom. The number of hydrogen-bond donors (Lipinski definition) is 0. The van der Waals surface area contributed by atoms with Gasteiger partial charge in [-0.3, -0.25) is 0 Å². The second kappa shape index (κ2) is 10.2. The predicted octanol–water partition coefficient (Wildman–Crippen LogP) is 10.7. The van der Waals surface area contributed by atoms with Crippen molar-refractivity contribution in [1.29, 1.82) is 0 Å². The van der Waals surface area contributed by atoms with Gasteiger partial charge in [0.15, 0.2) is 17.5 Å². The monoisotopic (exact) mass is 575 g/mol. The van der Waals surface area contributed by atoms with Crippen LogP contribution in [0.1, 0.15) is 0 Å². The van der Waals surface area contributed by atoms with Crippen molar-refractivity contribution < 1.29 is 4.42 Å². The average molecular weight is 576 g/mol. The van der Waals surface area contributed by atoms with Gasteiger partial charge in [0.1, 0.15) is 11.2 Å². The normalized spacial score (nSPS) is 11.6. The standard InChI is InChI=1S/C41H25N3O/c1-3-12-26(13-4-1)30-22-23-33(32-19-10-9-18-31(30)32)40-42-39(27-14-5-2-6-15-27)43-41(44-40)34-20-11-21-36-38(34)35-24-28-16-7-8-17-29(28)25-37(35)45-36/h1-25H. The lowest BCUT2D eigenvalue weighted by Gasteiger charge is -2.13. The first-order chi connectivity index (χ1) is 22.3. The summed E-state index contributed by atoms with van der Waals surface area (Å²) in [6.45, 7) is 0. The van der Waals surface area contributed by atoms with Gasteiger partial charge in [-0.05, 0) is 56.9 Å². The van der Waals surface area contributed by atoms with Gasteiger partial charge in [0.25, 0.3) is 0 Å². The minimum absolute atomic E-state index is 0.608. The van der Waals surface area contributed by atoms with Gasteiger partial charge in [0.2, 0.25) is 0 Å². The number of hydrogen-bond acceptors (Lipinski definition) is 4. The van der Waals surface area contributed by atoms with Crippen LogP contribution in [0.4, 0.5) is 0 Å².